The standard InChI is InChI=1S/C32H43N9O2/c1-30(2,3)14-13-25(21-7-9-22(10-8-21)28(42)35-19-26-37-39-40-38-26)41-29(43)27(23-17-33-20-34-18-23)36-32(41)15-11-24(12-16-32)31(4,5)6/h7-10,17-18,20,24-25H,11-16,19H2,1-6H3,(H,35,42)(H,37,38,39,40). The van der Waals surface area contributed by atoms with Gasteiger partial charge in [0.15, 0.2) is 5.82 Å². The highest BCUT2D eigenvalue weighted by Crippen LogP contribution is 2.50. The van der Waals surface area contributed by atoms with E-state index in [9.17, 15) is 9.59 Å². The highest BCUT2D eigenvalue weighted by atomic mass is 16.2. The van der Waals surface area contributed by atoms with Crippen LogP contribution in [-0.2, 0) is 11.3 Å². The molecular weight excluding hydrogens is 542 g/mol. The fraction of sp³-hybridized carbons (Fsp3) is 0.562. The van der Waals surface area contributed by atoms with Crippen LogP contribution in [0, 0.1) is 16.7 Å². The van der Waals surface area contributed by atoms with E-state index in [0.29, 0.717) is 28.6 Å². The highest BCUT2D eigenvalue weighted by molar-refractivity contribution is 6.46. The molecule has 0 radical (unpaired) electrons. The van der Waals surface area contributed by atoms with Crippen molar-refractivity contribution in [2.24, 2.45) is 21.7 Å². The number of aliphatic imine (C=N–C) groups is 1. The number of nitrogens with one attached hydrogen (secondary N) is 2. The van der Waals surface area contributed by atoms with Gasteiger partial charge in [-0.3, -0.25) is 14.6 Å². The largest absolute Gasteiger partial charge is 0.345 e. The van der Waals surface area contributed by atoms with E-state index in [-0.39, 0.29) is 35.2 Å². The summed E-state index contributed by atoms with van der Waals surface area (Å²) in [5.41, 5.74) is 2.24. The van der Waals surface area contributed by atoms with Crippen LogP contribution in [0.3, 0.4) is 0 Å². The van der Waals surface area contributed by atoms with E-state index in [1.54, 1.807) is 12.4 Å². The summed E-state index contributed by atoms with van der Waals surface area (Å²) in [4.78, 5) is 42.9. The summed E-state index contributed by atoms with van der Waals surface area (Å²) in [7, 11) is 0. The van der Waals surface area contributed by atoms with Crippen LogP contribution >= 0.6 is 0 Å². The van der Waals surface area contributed by atoms with Gasteiger partial charge < -0.3 is 10.2 Å². The lowest BCUT2D eigenvalue weighted by molar-refractivity contribution is -0.134. The van der Waals surface area contributed by atoms with E-state index in [4.69, 9.17) is 4.99 Å². The van der Waals surface area contributed by atoms with Crippen LogP contribution in [0.15, 0.2) is 48.0 Å². The zero-order chi connectivity index (χ0) is 30.8. The van der Waals surface area contributed by atoms with Crippen molar-refractivity contribution >= 4 is 17.5 Å². The Bertz CT molecular complexity index is 1430. The SMILES string of the molecule is CC(C)(C)CCC(c1ccc(C(=O)NCc2nn[nH]n2)cc1)N1C(=O)C(c2cncnc2)=NC12CCC(C(C)(C)C)CC2. The van der Waals surface area contributed by atoms with Crippen molar-refractivity contribution in [1.29, 1.82) is 0 Å². The quantitative estimate of drug-likeness (QED) is 0.377. The number of nitrogens with zero attached hydrogens (tertiary/aromatic N) is 7. The van der Waals surface area contributed by atoms with Crippen LogP contribution in [0.4, 0.5) is 0 Å². The molecule has 1 aliphatic carbocycles. The summed E-state index contributed by atoms with van der Waals surface area (Å²) in [5, 5.41) is 16.5. The third-order valence-electron chi connectivity index (χ3n) is 8.87. The lowest BCUT2D eigenvalue weighted by Gasteiger charge is -2.47. The Labute approximate surface area is 253 Å². The van der Waals surface area contributed by atoms with Crippen LogP contribution < -0.4 is 5.32 Å². The Kier molecular flexibility index (Phi) is 8.45. The monoisotopic (exact) mass is 585 g/mol. The fourth-order valence-corrected chi connectivity index (χ4v) is 6.34. The smallest absolute Gasteiger partial charge is 0.275 e. The highest BCUT2D eigenvalue weighted by Gasteiger charge is 2.52. The van der Waals surface area contributed by atoms with Gasteiger partial charge in [-0.1, -0.05) is 58.9 Å². The van der Waals surface area contributed by atoms with E-state index in [1.807, 2.05) is 24.3 Å². The fourth-order valence-electron chi connectivity index (χ4n) is 6.34. The number of aromatic amines is 1. The summed E-state index contributed by atoms with van der Waals surface area (Å²) >= 11 is 0. The molecule has 1 spiro atoms. The summed E-state index contributed by atoms with van der Waals surface area (Å²) < 4.78 is 0. The number of rotatable bonds is 8. The van der Waals surface area contributed by atoms with Gasteiger partial charge in [0.25, 0.3) is 11.8 Å². The number of benzene rings is 1. The van der Waals surface area contributed by atoms with Crippen LogP contribution in [0.1, 0.15) is 113 Å². The second kappa shape index (κ2) is 11.9. The third-order valence-corrected chi connectivity index (χ3v) is 8.87. The molecule has 228 valence electrons. The second-order valence-corrected chi connectivity index (χ2v) is 14.1. The number of aromatic nitrogens is 6. The van der Waals surface area contributed by atoms with Crippen molar-refractivity contribution in [3.8, 4) is 0 Å². The molecule has 1 unspecified atom stereocenters. The molecule has 1 atom stereocenters. The van der Waals surface area contributed by atoms with Crippen molar-refractivity contribution in [3.63, 3.8) is 0 Å². The minimum atomic E-state index is -0.632. The van der Waals surface area contributed by atoms with E-state index in [2.05, 4.69) is 82.4 Å². The van der Waals surface area contributed by atoms with Crippen molar-refractivity contribution < 1.29 is 9.59 Å². The van der Waals surface area contributed by atoms with E-state index in [0.717, 1.165) is 44.1 Å². The minimum absolute atomic E-state index is 0.0734. The zero-order valence-electron chi connectivity index (χ0n) is 26.1. The Morgan fingerprint density at radius 2 is 1.74 bits per heavy atom. The number of carbonyl (C=O) groups is 2. The van der Waals surface area contributed by atoms with Gasteiger partial charge >= 0.3 is 0 Å². The molecule has 1 fully saturated rings. The molecule has 2 aromatic heterocycles. The number of tetrazole rings is 1. The summed E-state index contributed by atoms with van der Waals surface area (Å²) in [6.45, 7) is 13.7. The molecule has 0 saturated heterocycles. The summed E-state index contributed by atoms with van der Waals surface area (Å²) in [6, 6.07) is 7.38. The molecule has 3 aromatic rings. The summed E-state index contributed by atoms with van der Waals surface area (Å²) in [6.07, 6.45) is 10.1. The van der Waals surface area contributed by atoms with Gasteiger partial charge in [0.1, 0.15) is 17.7 Å². The molecule has 2 N–H and O–H groups in total. The molecule has 5 rings (SSSR count). The molecule has 2 amide bonds. The van der Waals surface area contributed by atoms with Gasteiger partial charge in [0.05, 0.1) is 12.6 Å². The number of hydrogen-bond acceptors (Lipinski definition) is 8. The van der Waals surface area contributed by atoms with Crippen LogP contribution in [0.2, 0.25) is 0 Å². The molecule has 1 saturated carbocycles. The average Bonchev–Trinajstić information content (AvgIpc) is 3.59. The van der Waals surface area contributed by atoms with Gasteiger partial charge in [-0.25, -0.2) is 9.97 Å². The number of carbonyl (C=O) groups excluding carboxylic acids is 2. The molecule has 2 aliphatic rings. The molecule has 11 nitrogen and oxygen atoms in total. The molecule has 1 aromatic carbocycles. The second-order valence-electron chi connectivity index (χ2n) is 14.1. The predicted molar refractivity (Wildman–Crippen MR) is 163 cm³/mol. The molecule has 0 bridgehead atoms. The van der Waals surface area contributed by atoms with Gasteiger partial charge in [-0.2, -0.15) is 5.21 Å². The van der Waals surface area contributed by atoms with Crippen molar-refractivity contribution in [3.05, 3.63) is 65.5 Å². The number of hydrogen-bond donors (Lipinski definition) is 2. The van der Waals surface area contributed by atoms with Gasteiger partial charge in [0, 0.05) is 23.5 Å². The minimum Gasteiger partial charge on any atom is -0.345 e. The first-order valence-corrected chi connectivity index (χ1v) is 15.2. The summed E-state index contributed by atoms with van der Waals surface area (Å²) in [5.74, 6) is 0.662. The maximum absolute atomic E-state index is 14.4. The lowest BCUT2D eigenvalue weighted by Crippen LogP contribution is -2.51. The Hall–Kier alpha value is -4.02. The maximum atomic E-state index is 14.4. The topological polar surface area (TPSA) is 142 Å². The number of H-pyrrole nitrogens is 1. The van der Waals surface area contributed by atoms with Gasteiger partial charge in [0.2, 0.25) is 0 Å². The Morgan fingerprint density at radius 1 is 1.07 bits per heavy atom. The first kappa shape index (κ1) is 30.4. The molecule has 43 heavy (non-hydrogen) atoms. The zero-order valence-corrected chi connectivity index (χ0v) is 26.1. The normalized spacial score (nSPS) is 21.6. The number of amides is 2. The van der Waals surface area contributed by atoms with Crippen LogP contribution in [0.25, 0.3) is 0 Å². The Balaban J connectivity index is 1.48. The Morgan fingerprint density at radius 3 is 2.33 bits per heavy atom. The first-order chi connectivity index (χ1) is 20.4. The predicted octanol–water partition coefficient (Wildman–Crippen LogP) is 5.05. The first-order valence-electron chi connectivity index (χ1n) is 15.2. The average molecular weight is 586 g/mol. The molecule has 1 aliphatic heterocycles. The molecule has 11 heteroatoms. The van der Waals surface area contributed by atoms with Crippen molar-refractivity contribution in [2.75, 3.05) is 0 Å². The van der Waals surface area contributed by atoms with E-state index in [1.165, 1.54) is 6.33 Å². The van der Waals surface area contributed by atoms with Crippen molar-refractivity contribution in [2.45, 2.75) is 98.3 Å². The van der Waals surface area contributed by atoms with E-state index >= 15 is 0 Å². The van der Waals surface area contributed by atoms with E-state index < -0.39 is 5.66 Å². The maximum Gasteiger partial charge on any atom is 0.275 e. The van der Waals surface area contributed by atoms with Crippen LogP contribution in [0.5, 0.6) is 0 Å². The molecule has 3 heterocycles. The molecular formula is C32H43N9O2. The van der Waals surface area contributed by atoms with Gasteiger partial charge in [-0.05, 0) is 73.0 Å². The third kappa shape index (κ3) is 6.81. The van der Waals surface area contributed by atoms with Crippen LogP contribution in [-0.4, -0.2) is 58.7 Å². The lowest BCUT2D eigenvalue weighted by atomic mass is 9.69. The van der Waals surface area contributed by atoms with Gasteiger partial charge in [-0.15, -0.1) is 10.2 Å². The van der Waals surface area contributed by atoms with Crippen molar-refractivity contribution in [1.82, 2.24) is 40.8 Å².